The topological polar surface area (TPSA) is 99.2 Å². The maximum absolute atomic E-state index is 11.6. The number of alkyl carbamates (subject to hydrolysis) is 1. The zero-order chi connectivity index (χ0) is 15.1. The second-order valence-electron chi connectivity index (χ2n) is 4.59. The SMILES string of the molecule is CCOC(=O)NC(=O)CN1CCN(C(C)C(=O)O)CC1. The van der Waals surface area contributed by atoms with Gasteiger partial charge in [0.15, 0.2) is 0 Å². The van der Waals surface area contributed by atoms with Crippen molar-refractivity contribution in [2.75, 3.05) is 39.3 Å². The number of amides is 2. The predicted molar refractivity (Wildman–Crippen MR) is 70.3 cm³/mol. The molecule has 8 nitrogen and oxygen atoms in total. The second kappa shape index (κ2) is 7.81. The molecule has 1 rings (SSSR count). The average molecular weight is 287 g/mol. The van der Waals surface area contributed by atoms with Crippen LogP contribution in [0, 0.1) is 0 Å². The average Bonchev–Trinajstić information content (AvgIpc) is 2.38. The lowest BCUT2D eigenvalue weighted by Crippen LogP contribution is -2.53. The summed E-state index contributed by atoms with van der Waals surface area (Å²) in [5.74, 6) is -1.26. The van der Waals surface area contributed by atoms with E-state index in [1.807, 2.05) is 9.80 Å². The Balaban J connectivity index is 2.30. The van der Waals surface area contributed by atoms with E-state index in [2.05, 4.69) is 10.1 Å². The van der Waals surface area contributed by atoms with Gasteiger partial charge < -0.3 is 9.84 Å². The van der Waals surface area contributed by atoms with E-state index in [0.717, 1.165) is 0 Å². The van der Waals surface area contributed by atoms with Gasteiger partial charge >= 0.3 is 12.1 Å². The van der Waals surface area contributed by atoms with Crippen LogP contribution in [0.1, 0.15) is 13.8 Å². The number of carboxylic acids is 1. The van der Waals surface area contributed by atoms with E-state index >= 15 is 0 Å². The van der Waals surface area contributed by atoms with E-state index in [9.17, 15) is 14.4 Å². The molecule has 20 heavy (non-hydrogen) atoms. The number of hydrogen-bond acceptors (Lipinski definition) is 6. The van der Waals surface area contributed by atoms with Crippen LogP contribution in [0.2, 0.25) is 0 Å². The van der Waals surface area contributed by atoms with Gasteiger partial charge in [-0.25, -0.2) is 4.79 Å². The standard InChI is InChI=1S/C12H21N3O5/c1-3-20-12(19)13-10(16)8-14-4-6-15(7-5-14)9(2)11(17)18/h9H,3-8H2,1-2H3,(H,17,18)(H,13,16,19). The molecule has 0 aromatic carbocycles. The molecule has 1 heterocycles. The summed E-state index contributed by atoms with van der Waals surface area (Å²) in [6.45, 7) is 5.97. The van der Waals surface area contributed by atoms with Crippen LogP contribution < -0.4 is 5.32 Å². The quantitative estimate of drug-likeness (QED) is 0.693. The molecule has 1 fully saturated rings. The molecular weight excluding hydrogens is 266 g/mol. The number of aliphatic carboxylic acids is 1. The minimum Gasteiger partial charge on any atom is -0.480 e. The third-order valence-corrected chi connectivity index (χ3v) is 3.20. The first-order valence-electron chi connectivity index (χ1n) is 6.59. The fourth-order valence-electron chi connectivity index (χ4n) is 1.99. The Morgan fingerprint density at radius 3 is 2.35 bits per heavy atom. The molecule has 0 aromatic rings. The normalized spacial score (nSPS) is 18.3. The van der Waals surface area contributed by atoms with E-state index in [1.54, 1.807) is 13.8 Å². The number of ether oxygens (including phenoxy) is 1. The van der Waals surface area contributed by atoms with Gasteiger partial charge in [0.2, 0.25) is 5.91 Å². The summed E-state index contributed by atoms with van der Waals surface area (Å²) in [7, 11) is 0. The van der Waals surface area contributed by atoms with Gasteiger partial charge in [-0.2, -0.15) is 0 Å². The highest BCUT2D eigenvalue weighted by Gasteiger charge is 2.26. The van der Waals surface area contributed by atoms with Gasteiger partial charge in [-0.1, -0.05) is 0 Å². The smallest absolute Gasteiger partial charge is 0.413 e. The maximum atomic E-state index is 11.6. The zero-order valence-corrected chi connectivity index (χ0v) is 11.8. The van der Waals surface area contributed by atoms with Crippen molar-refractivity contribution in [3.8, 4) is 0 Å². The van der Waals surface area contributed by atoms with Gasteiger partial charge in [-0.15, -0.1) is 0 Å². The lowest BCUT2D eigenvalue weighted by Gasteiger charge is -2.36. The van der Waals surface area contributed by atoms with Crippen LogP contribution in [-0.4, -0.2) is 78.2 Å². The van der Waals surface area contributed by atoms with Gasteiger partial charge in [0.1, 0.15) is 6.04 Å². The lowest BCUT2D eigenvalue weighted by atomic mass is 10.2. The zero-order valence-electron chi connectivity index (χ0n) is 11.8. The molecule has 0 aromatic heterocycles. The van der Waals surface area contributed by atoms with E-state index < -0.39 is 24.0 Å². The Kier molecular flexibility index (Phi) is 6.40. The fourth-order valence-corrected chi connectivity index (χ4v) is 1.99. The number of piperazine rings is 1. The van der Waals surface area contributed by atoms with E-state index in [0.29, 0.717) is 26.2 Å². The minimum atomic E-state index is -0.849. The summed E-state index contributed by atoms with van der Waals surface area (Å²) < 4.78 is 4.61. The third kappa shape index (κ3) is 5.14. The molecule has 114 valence electrons. The maximum Gasteiger partial charge on any atom is 0.413 e. The Morgan fingerprint density at radius 1 is 1.25 bits per heavy atom. The molecule has 0 radical (unpaired) electrons. The van der Waals surface area contributed by atoms with Crippen molar-refractivity contribution < 1.29 is 24.2 Å². The van der Waals surface area contributed by atoms with Crippen LogP contribution in [0.5, 0.6) is 0 Å². The van der Waals surface area contributed by atoms with Crippen molar-refractivity contribution in [1.82, 2.24) is 15.1 Å². The highest BCUT2D eigenvalue weighted by atomic mass is 16.5. The Labute approximate surface area is 117 Å². The summed E-state index contributed by atoms with van der Waals surface area (Å²) in [6.07, 6.45) is -0.740. The number of carbonyl (C=O) groups excluding carboxylic acids is 2. The molecule has 1 aliphatic rings. The first-order valence-corrected chi connectivity index (χ1v) is 6.59. The molecule has 0 saturated carbocycles. The number of rotatable bonds is 5. The number of carbonyl (C=O) groups is 3. The van der Waals surface area contributed by atoms with Crippen molar-refractivity contribution in [2.24, 2.45) is 0 Å². The molecule has 0 aliphatic carbocycles. The van der Waals surface area contributed by atoms with Crippen molar-refractivity contribution in [3.63, 3.8) is 0 Å². The summed E-state index contributed by atoms with van der Waals surface area (Å²) in [4.78, 5) is 37.2. The van der Waals surface area contributed by atoms with Gasteiger partial charge in [0.25, 0.3) is 0 Å². The number of carboxylic acid groups (broad SMARTS) is 1. The fraction of sp³-hybridized carbons (Fsp3) is 0.750. The molecule has 8 heteroatoms. The minimum absolute atomic E-state index is 0.105. The van der Waals surface area contributed by atoms with Crippen molar-refractivity contribution in [1.29, 1.82) is 0 Å². The highest BCUT2D eigenvalue weighted by molar-refractivity contribution is 5.92. The molecule has 0 spiro atoms. The van der Waals surface area contributed by atoms with Crippen LogP contribution in [0.15, 0.2) is 0 Å². The lowest BCUT2D eigenvalue weighted by molar-refractivity contribution is -0.143. The summed E-state index contributed by atoms with van der Waals surface area (Å²) in [5, 5.41) is 11.1. The second-order valence-corrected chi connectivity index (χ2v) is 4.59. The van der Waals surface area contributed by atoms with Gasteiger partial charge in [-0.05, 0) is 13.8 Å². The van der Waals surface area contributed by atoms with Crippen LogP contribution in [0.25, 0.3) is 0 Å². The molecular formula is C12H21N3O5. The molecule has 1 atom stereocenters. The van der Waals surface area contributed by atoms with E-state index in [-0.39, 0.29) is 13.2 Å². The van der Waals surface area contributed by atoms with Crippen molar-refractivity contribution in [2.45, 2.75) is 19.9 Å². The first-order chi connectivity index (χ1) is 9.43. The van der Waals surface area contributed by atoms with Crippen LogP contribution in [0.4, 0.5) is 4.79 Å². The highest BCUT2D eigenvalue weighted by Crippen LogP contribution is 2.06. The molecule has 2 amide bonds. The van der Waals surface area contributed by atoms with Crippen LogP contribution >= 0.6 is 0 Å². The summed E-state index contributed by atoms with van der Waals surface area (Å²) >= 11 is 0. The van der Waals surface area contributed by atoms with Gasteiger partial charge in [0, 0.05) is 26.2 Å². The molecule has 2 N–H and O–H groups in total. The summed E-state index contributed by atoms with van der Waals surface area (Å²) in [6, 6.07) is -0.523. The van der Waals surface area contributed by atoms with E-state index in [1.165, 1.54) is 0 Å². The Bertz CT molecular complexity index is 366. The number of nitrogens with zero attached hydrogens (tertiary/aromatic N) is 2. The van der Waals surface area contributed by atoms with E-state index in [4.69, 9.17) is 5.11 Å². The number of hydrogen-bond donors (Lipinski definition) is 2. The Hall–Kier alpha value is -1.67. The first kappa shape index (κ1) is 16.4. The van der Waals surface area contributed by atoms with Gasteiger partial charge in [-0.3, -0.25) is 24.7 Å². The molecule has 1 saturated heterocycles. The van der Waals surface area contributed by atoms with Gasteiger partial charge in [0.05, 0.1) is 13.2 Å². The predicted octanol–water partition coefficient (Wildman–Crippen LogP) is -0.650. The number of nitrogens with one attached hydrogen (secondary N) is 1. The van der Waals surface area contributed by atoms with Crippen LogP contribution in [-0.2, 0) is 14.3 Å². The molecule has 1 aliphatic heterocycles. The monoisotopic (exact) mass is 287 g/mol. The summed E-state index contributed by atoms with van der Waals surface area (Å²) in [5.41, 5.74) is 0. The third-order valence-electron chi connectivity index (χ3n) is 3.20. The van der Waals surface area contributed by atoms with Crippen LogP contribution in [0.3, 0.4) is 0 Å². The Morgan fingerprint density at radius 2 is 1.85 bits per heavy atom. The molecule has 0 bridgehead atoms. The number of imide groups is 1. The van der Waals surface area contributed by atoms with Crippen molar-refractivity contribution >= 4 is 18.0 Å². The largest absolute Gasteiger partial charge is 0.480 e. The van der Waals surface area contributed by atoms with Crippen molar-refractivity contribution in [3.05, 3.63) is 0 Å². The molecule has 1 unspecified atom stereocenters.